The lowest BCUT2D eigenvalue weighted by atomic mass is 10.2. The molecular weight excluding hydrogens is 368 g/mol. The van der Waals surface area contributed by atoms with E-state index in [1.165, 1.54) is 0 Å². The molecule has 0 aliphatic carbocycles. The number of hydrogen-bond acceptors (Lipinski definition) is 3. The van der Waals surface area contributed by atoms with Gasteiger partial charge in [-0.3, -0.25) is 4.79 Å². The monoisotopic (exact) mass is 376 g/mol. The van der Waals surface area contributed by atoms with Crippen LogP contribution in [-0.2, 0) is 0 Å². The summed E-state index contributed by atoms with van der Waals surface area (Å²) in [4.78, 5) is 15.6. The van der Waals surface area contributed by atoms with Crippen molar-refractivity contribution in [3.63, 3.8) is 0 Å². The molecule has 22 heavy (non-hydrogen) atoms. The van der Waals surface area contributed by atoms with E-state index in [-0.39, 0.29) is 5.82 Å². The summed E-state index contributed by atoms with van der Waals surface area (Å²) in [6.07, 6.45) is 0. The highest BCUT2D eigenvalue weighted by Crippen LogP contribution is 2.23. The maximum atomic E-state index is 11.4. The van der Waals surface area contributed by atoms with Crippen molar-refractivity contribution in [1.29, 1.82) is 0 Å². The SMILES string of the molecule is NC(=O)c1nc(-c2ccc(Cl)cc2)n(-c2ccc(Br)cc2)n1. The topological polar surface area (TPSA) is 73.8 Å². The summed E-state index contributed by atoms with van der Waals surface area (Å²) in [7, 11) is 0. The van der Waals surface area contributed by atoms with Gasteiger partial charge in [-0.05, 0) is 48.5 Å². The summed E-state index contributed by atoms with van der Waals surface area (Å²) in [5, 5.41) is 4.81. The van der Waals surface area contributed by atoms with Gasteiger partial charge in [0, 0.05) is 15.1 Å². The minimum Gasteiger partial charge on any atom is -0.363 e. The number of nitrogens with zero attached hydrogens (tertiary/aromatic N) is 3. The number of aromatic nitrogens is 3. The van der Waals surface area contributed by atoms with Crippen LogP contribution in [0.3, 0.4) is 0 Å². The zero-order chi connectivity index (χ0) is 15.7. The molecule has 1 amide bonds. The molecule has 0 spiro atoms. The van der Waals surface area contributed by atoms with Crippen LogP contribution in [0.5, 0.6) is 0 Å². The Morgan fingerprint density at radius 1 is 1.09 bits per heavy atom. The van der Waals surface area contributed by atoms with Gasteiger partial charge in [0.05, 0.1) is 5.69 Å². The van der Waals surface area contributed by atoms with Crippen molar-refractivity contribution in [2.45, 2.75) is 0 Å². The van der Waals surface area contributed by atoms with Gasteiger partial charge in [0.25, 0.3) is 5.91 Å². The van der Waals surface area contributed by atoms with Gasteiger partial charge in [-0.15, -0.1) is 5.10 Å². The van der Waals surface area contributed by atoms with Crippen molar-refractivity contribution in [2.75, 3.05) is 0 Å². The van der Waals surface area contributed by atoms with E-state index in [9.17, 15) is 4.79 Å². The number of amides is 1. The van der Waals surface area contributed by atoms with Crippen molar-refractivity contribution < 1.29 is 4.79 Å². The fourth-order valence-electron chi connectivity index (χ4n) is 1.96. The lowest BCUT2D eigenvalue weighted by Crippen LogP contribution is -2.13. The first-order valence-electron chi connectivity index (χ1n) is 6.33. The smallest absolute Gasteiger partial charge is 0.288 e. The third-order valence-electron chi connectivity index (χ3n) is 3.00. The first kappa shape index (κ1) is 14.7. The molecule has 0 atom stereocenters. The van der Waals surface area contributed by atoms with E-state index in [0.717, 1.165) is 15.7 Å². The van der Waals surface area contributed by atoms with Crippen LogP contribution in [-0.4, -0.2) is 20.7 Å². The van der Waals surface area contributed by atoms with E-state index >= 15 is 0 Å². The molecule has 0 bridgehead atoms. The van der Waals surface area contributed by atoms with Gasteiger partial charge in [-0.2, -0.15) is 0 Å². The second kappa shape index (κ2) is 5.90. The average molecular weight is 378 g/mol. The van der Waals surface area contributed by atoms with Crippen molar-refractivity contribution in [1.82, 2.24) is 14.8 Å². The first-order valence-corrected chi connectivity index (χ1v) is 7.50. The molecule has 1 aromatic heterocycles. The summed E-state index contributed by atoms with van der Waals surface area (Å²) in [5.74, 6) is -0.188. The molecule has 3 aromatic rings. The van der Waals surface area contributed by atoms with Crippen LogP contribution < -0.4 is 5.73 Å². The fraction of sp³-hybridized carbons (Fsp3) is 0. The van der Waals surface area contributed by atoms with Gasteiger partial charge >= 0.3 is 0 Å². The first-order chi connectivity index (χ1) is 10.5. The van der Waals surface area contributed by atoms with Crippen molar-refractivity contribution >= 4 is 33.4 Å². The normalized spacial score (nSPS) is 10.6. The molecule has 0 radical (unpaired) electrons. The number of carbonyl (C=O) groups excluding carboxylic acids is 1. The van der Waals surface area contributed by atoms with Gasteiger partial charge in [0.1, 0.15) is 0 Å². The van der Waals surface area contributed by atoms with E-state index in [0.29, 0.717) is 10.8 Å². The molecule has 0 saturated heterocycles. The van der Waals surface area contributed by atoms with E-state index in [1.807, 2.05) is 36.4 Å². The average Bonchev–Trinajstić information content (AvgIpc) is 2.94. The summed E-state index contributed by atoms with van der Waals surface area (Å²) < 4.78 is 2.52. The van der Waals surface area contributed by atoms with Crippen LogP contribution in [0.1, 0.15) is 10.6 Å². The Labute approximate surface area is 139 Å². The largest absolute Gasteiger partial charge is 0.363 e. The zero-order valence-electron chi connectivity index (χ0n) is 11.2. The number of carbonyl (C=O) groups is 1. The Morgan fingerprint density at radius 2 is 1.73 bits per heavy atom. The molecule has 0 saturated carbocycles. The molecule has 0 aliphatic rings. The fourth-order valence-corrected chi connectivity index (χ4v) is 2.35. The number of nitrogens with two attached hydrogens (primary N) is 1. The predicted molar refractivity (Wildman–Crippen MR) is 88.0 cm³/mol. The quantitative estimate of drug-likeness (QED) is 0.759. The van der Waals surface area contributed by atoms with Crippen molar-refractivity contribution in [3.05, 3.63) is 63.9 Å². The van der Waals surface area contributed by atoms with Crippen LogP contribution in [0.15, 0.2) is 53.0 Å². The molecular formula is C15H10BrClN4O. The van der Waals surface area contributed by atoms with Gasteiger partial charge in [-0.25, -0.2) is 9.67 Å². The Bertz CT molecular complexity index is 765. The van der Waals surface area contributed by atoms with Gasteiger partial charge in [0.2, 0.25) is 5.82 Å². The Balaban J connectivity index is 2.17. The van der Waals surface area contributed by atoms with Crippen LogP contribution in [0, 0.1) is 0 Å². The molecule has 3 rings (SSSR count). The number of primary amides is 1. The van der Waals surface area contributed by atoms with E-state index in [4.69, 9.17) is 17.3 Å². The predicted octanol–water partition coefficient (Wildman–Crippen LogP) is 3.45. The number of benzene rings is 2. The molecule has 110 valence electrons. The highest BCUT2D eigenvalue weighted by atomic mass is 79.9. The molecule has 0 aliphatic heterocycles. The zero-order valence-corrected chi connectivity index (χ0v) is 13.5. The minimum atomic E-state index is -0.675. The maximum Gasteiger partial charge on any atom is 0.288 e. The van der Waals surface area contributed by atoms with E-state index < -0.39 is 5.91 Å². The number of rotatable bonds is 3. The number of halogens is 2. The van der Waals surface area contributed by atoms with Crippen LogP contribution in [0.4, 0.5) is 0 Å². The molecule has 5 nitrogen and oxygen atoms in total. The van der Waals surface area contributed by atoms with Gasteiger partial charge < -0.3 is 5.73 Å². The molecule has 0 unspecified atom stereocenters. The van der Waals surface area contributed by atoms with Gasteiger partial charge in [0.15, 0.2) is 5.82 Å². The Hall–Kier alpha value is -2.18. The maximum absolute atomic E-state index is 11.4. The second-order valence-corrected chi connectivity index (χ2v) is 5.87. The minimum absolute atomic E-state index is 0.0344. The standard InChI is InChI=1S/C15H10BrClN4O/c16-10-3-7-12(8-4-10)21-15(19-14(20-21)13(18)22)9-1-5-11(17)6-2-9/h1-8H,(H2,18,22). The summed E-state index contributed by atoms with van der Waals surface area (Å²) >= 11 is 9.29. The van der Waals surface area contributed by atoms with E-state index in [2.05, 4.69) is 26.0 Å². The van der Waals surface area contributed by atoms with Gasteiger partial charge in [-0.1, -0.05) is 27.5 Å². The second-order valence-electron chi connectivity index (χ2n) is 4.52. The molecule has 7 heteroatoms. The van der Waals surface area contributed by atoms with Crippen LogP contribution >= 0.6 is 27.5 Å². The number of hydrogen-bond donors (Lipinski definition) is 1. The van der Waals surface area contributed by atoms with Crippen molar-refractivity contribution in [3.8, 4) is 17.1 Å². The summed E-state index contributed by atoms with van der Waals surface area (Å²) in [6.45, 7) is 0. The third-order valence-corrected chi connectivity index (χ3v) is 3.78. The highest BCUT2D eigenvalue weighted by Gasteiger charge is 2.16. The van der Waals surface area contributed by atoms with Crippen LogP contribution in [0.2, 0.25) is 5.02 Å². The lowest BCUT2D eigenvalue weighted by Gasteiger charge is -2.06. The van der Waals surface area contributed by atoms with Crippen LogP contribution in [0.25, 0.3) is 17.1 Å². The lowest BCUT2D eigenvalue weighted by molar-refractivity contribution is 0.0990. The Kier molecular flexibility index (Phi) is 3.96. The molecule has 0 fully saturated rings. The molecule has 1 heterocycles. The summed E-state index contributed by atoms with van der Waals surface area (Å²) in [6, 6.07) is 14.6. The Morgan fingerprint density at radius 3 is 2.32 bits per heavy atom. The highest BCUT2D eigenvalue weighted by molar-refractivity contribution is 9.10. The summed E-state index contributed by atoms with van der Waals surface area (Å²) in [5.41, 5.74) is 6.85. The van der Waals surface area contributed by atoms with E-state index in [1.54, 1.807) is 16.8 Å². The molecule has 2 aromatic carbocycles. The third kappa shape index (κ3) is 2.88. The van der Waals surface area contributed by atoms with Crippen molar-refractivity contribution in [2.24, 2.45) is 5.73 Å². The molecule has 2 N–H and O–H groups in total.